The monoisotopic (exact) mass is 320 g/mol. The van der Waals surface area contributed by atoms with Crippen LogP contribution < -0.4 is 0 Å². The van der Waals surface area contributed by atoms with Crippen molar-refractivity contribution in [2.24, 2.45) is 0 Å². The first kappa shape index (κ1) is 25.9. The van der Waals surface area contributed by atoms with E-state index in [1.165, 1.54) is 0 Å². The van der Waals surface area contributed by atoms with E-state index in [1.807, 2.05) is 0 Å². The van der Waals surface area contributed by atoms with Gasteiger partial charge in [-0.2, -0.15) is 0 Å². The second kappa shape index (κ2) is 12.6. The third kappa shape index (κ3) is 8.30. The van der Waals surface area contributed by atoms with Crippen molar-refractivity contribution < 1.29 is 54.9 Å². The molecule has 10 heteroatoms. The van der Waals surface area contributed by atoms with E-state index in [9.17, 15) is 4.79 Å². The standard InChI is InChI=1S/C6H12O7.ClH.Na.Zn.H/c7-1-2(8)3(9)4(10)5(11)6(12)13;;;;/h2-5,7-11H,1H2,(H,12,13);1H;;;. The molecule has 7 nitrogen and oxygen atoms in total. The Morgan fingerprint density at radius 2 is 1.44 bits per heavy atom. The van der Waals surface area contributed by atoms with Gasteiger partial charge in [0.15, 0.2) is 6.10 Å². The minimum atomic E-state index is -2.20. The van der Waals surface area contributed by atoms with Crippen LogP contribution in [0.4, 0.5) is 0 Å². The maximum absolute atomic E-state index is 10.1. The summed E-state index contributed by atoms with van der Waals surface area (Å²) in [5.74, 6) is -1.73. The molecule has 90 valence electrons. The zero-order valence-electron chi connectivity index (χ0n) is 7.72. The molecule has 0 aliphatic rings. The number of aliphatic carboxylic acids is 1. The first-order chi connectivity index (χ1) is 5.91. The summed E-state index contributed by atoms with van der Waals surface area (Å²) in [4.78, 5) is 10.1. The molecule has 0 aromatic carbocycles. The van der Waals surface area contributed by atoms with E-state index in [1.54, 1.807) is 0 Å². The molecule has 0 rings (SSSR count). The number of aliphatic hydroxyl groups excluding tert-OH is 5. The summed E-state index contributed by atoms with van der Waals surface area (Å²) in [6, 6.07) is 0. The van der Waals surface area contributed by atoms with Crippen LogP contribution in [0.1, 0.15) is 0 Å². The van der Waals surface area contributed by atoms with Gasteiger partial charge in [-0.25, -0.2) is 4.79 Å². The van der Waals surface area contributed by atoms with Gasteiger partial charge in [0, 0.05) is 19.5 Å². The summed E-state index contributed by atoms with van der Waals surface area (Å²) in [5.41, 5.74) is 0. The van der Waals surface area contributed by atoms with Crippen LogP contribution >= 0.6 is 12.4 Å². The Balaban J connectivity index is -0.000000240. The zero-order valence-corrected chi connectivity index (χ0v) is 11.5. The molecule has 0 fully saturated rings. The normalized spacial score (nSPS) is 16.6. The Labute approximate surface area is 133 Å². The van der Waals surface area contributed by atoms with Crippen LogP contribution in [0.2, 0.25) is 0 Å². The summed E-state index contributed by atoms with van der Waals surface area (Å²) in [5, 5.41) is 51.8. The van der Waals surface area contributed by atoms with E-state index >= 15 is 0 Å². The van der Waals surface area contributed by atoms with Crippen molar-refractivity contribution in [3.05, 3.63) is 0 Å². The second-order valence-corrected chi connectivity index (χ2v) is 2.51. The predicted molar refractivity (Wildman–Crippen MR) is 53.1 cm³/mol. The van der Waals surface area contributed by atoms with Crippen LogP contribution in [0.5, 0.6) is 0 Å². The van der Waals surface area contributed by atoms with Gasteiger partial charge in [0.25, 0.3) is 0 Å². The first-order valence-corrected chi connectivity index (χ1v) is 3.47. The number of halogens is 1. The van der Waals surface area contributed by atoms with Crippen LogP contribution in [-0.4, -0.2) is 97.2 Å². The van der Waals surface area contributed by atoms with Crippen molar-refractivity contribution in [3.63, 3.8) is 0 Å². The van der Waals surface area contributed by atoms with Gasteiger partial charge in [-0.05, 0) is 0 Å². The molecule has 0 saturated heterocycles. The van der Waals surface area contributed by atoms with Gasteiger partial charge in [0.05, 0.1) is 6.61 Å². The molecule has 0 aliphatic heterocycles. The Morgan fingerprint density at radius 1 is 1.06 bits per heavy atom. The molecule has 0 spiro atoms. The molecular formula is C6H14ClNaO7Zn. The number of aliphatic hydroxyl groups is 5. The molecule has 0 aromatic heterocycles. The summed E-state index contributed by atoms with van der Waals surface area (Å²) < 4.78 is 0. The van der Waals surface area contributed by atoms with Gasteiger partial charge in [0.1, 0.15) is 18.3 Å². The van der Waals surface area contributed by atoms with Crippen LogP contribution in [0, 0.1) is 0 Å². The SMILES string of the molecule is Cl.O=C(O)C(O)C(O)C(O)C(O)CO.[NaH].[Zn]. The van der Waals surface area contributed by atoms with Crippen molar-refractivity contribution in [2.45, 2.75) is 24.4 Å². The molecule has 4 atom stereocenters. The molecular weight excluding hydrogens is 308 g/mol. The molecule has 0 aliphatic carbocycles. The van der Waals surface area contributed by atoms with Gasteiger partial charge in [-0.3, -0.25) is 0 Å². The van der Waals surface area contributed by atoms with E-state index in [0.717, 1.165) is 0 Å². The predicted octanol–water partition coefficient (Wildman–Crippen LogP) is -3.72. The fraction of sp³-hybridized carbons (Fsp3) is 0.833. The molecule has 6 N–H and O–H groups in total. The fourth-order valence-corrected chi connectivity index (χ4v) is 0.668. The Bertz CT molecular complexity index is 186. The molecule has 0 amide bonds. The molecule has 4 unspecified atom stereocenters. The van der Waals surface area contributed by atoms with Gasteiger partial charge in [-0.1, -0.05) is 0 Å². The van der Waals surface area contributed by atoms with Gasteiger partial charge >= 0.3 is 35.5 Å². The topological polar surface area (TPSA) is 138 Å². The number of carboxylic acids is 1. The van der Waals surface area contributed by atoms with E-state index in [2.05, 4.69) is 0 Å². The van der Waals surface area contributed by atoms with Crippen LogP contribution in [0.15, 0.2) is 0 Å². The van der Waals surface area contributed by atoms with Crippen LogP contribution in [0.3, 0.4) is 0 Å². The van der Waals surface area contributed by atoms with Crippen molar-refractivity contribution >= 4 is 47.9 Å². The second-order valence-electron chi connectivity index (χ2n) is 2.51. The average molecular weight is 322 g/mol. The zero-order chi connectivity index (χ0) is 10.6. The van der Waals surface area contributed by atoms with E-state index in [0.29, 0.717) is 0 Å². The van der Waals surface area contributed by atoms with Crippen molar-refractivity contribution in [2.75, 3.05) is 6.61 Å². The molecule has 16 heavy (non-hydrogen) atoms. The number of rotatable bonds is 5. The van der Waals surface area contributed by atoms with Crippen LogP contribution in [0.25, 0.3) is 0 Å². The van der Waals surface area contributed by atoms with Crippen molar-refractivity contribution in [1.82, 2.24) is 0 Å². The average Bonchev–Trinajstić information content (AvgIpc) is 2.12. The Kier molecular flexibility index (Phi) is 20.4. The molecule has 0 bridgehead atoms. The molecule has 0 radical (unpaired) electrons. The third-order valence-electron chi connectivity index (χ3n) is 1.51. The first-order valence-electron chi connectivity index (χ1n) is 3.47. The summed E-state index contributed by atoms with van der Waals surface area (Å²) >= 11 is 0. The summed E-state index contributed by atoms with van der Waals surface area (Å²) in [6.07, 6.45) is -7.84. The maximum atomic E-state index is 10.1. The van der Waals surface area contributed by atoms with E-state index in [-0.39, 0.29) is 61.4 Å². The number of hydrogen-bond acceptors (Lipinski definition) is 6. The number of carbonyl (C=O) groups is 1. The minimum Gasteiger partial charge on any atom is 0 e. The molecule has 0 aromatic rings. The van der Waals surface area contributed by atoms with Gasteiger partial charge in [0.2, 0.25) is 0 Å². The Hall–Kier alpha value is 1.18. The summed E-state index contributed by atoms with van der Waals surface area (Å²) in [6.45, 7) is -0.843. The van der Waals surface area contributed by atoms with E-state index < -0.39 is 37.0 Å². The van der Waals surface area contributed by atoms with Gasteiger partial charge < -0.3 is 30.6 Å². The minimum absolute atomic E-state index is 0. The van der Waals surface area contributed by atoms with Gasteiger partial charge in [-0.15, -0.1) is 12.4 Å². The molecule has 0 saturated carbocycles. The third-order valence-corrected chi connectivity index (χ3v) is 1.51. The maximum Gasteiger partial charge on any atom is 0 e. The number of carboxylic acid groups (broad SMARTS) is 1. The fourth-order valence-electron chi connectivity index (χ4n) is 0.668. The van der Waals surface area contributed by atoms with E-state index in [4.69, 9.17) is 30.6 Å². The van der Waals surface area contributed by atoms with Crippen molar-refractivity contribution in [3.8, 4) is 0 Å². The largest absolute Gasteiger partial charge is 0 e. The Morgan fingerprint density at radius 3 is 1.69 bits per heavy atom. The van der Waals surface area contributed by atoms with Crippen LogP contribution in [-0.2, 0) is 24.3 Å². The number of hydrogen-bond donors (Lipinski definition) is 6. The smallest absolute Gasteiger partial charge is 0 e. The quantitative estimate of drug-likeness (QED) is 0.286. The summed E-state index contributed by atoms with van der Waals surface area (Å²) in [7, 11) is 0. The van der Waals surface area contributed by atoms with Crippen molar-refractivity contribution in [1.29, 1.82) is 0 Å². The molecule has 0 heterocycles.